The van der Waals surface area contributed by atoms with Gasteiger partial charge in [-0.15, -0.1) is 0 Å². The Balaban J connectivity index is 2.04. The van der Waals surface area contributed by atoms with Crippen molar-refractivity contribution in [3.8, 4) is 5.75 Å². The Labute approximate surface area is 158 Å². The van der Waals surface area contributed by atoms with E-state index < -0.39 is 5.41 Å². The van der Waals surface area contributed by atoms with E-state index in [9.17, 15) is 4.79 Å². The van der Waals surface area contributed by atoms with Crippen molar-refractivity contribution in [2.45, 2.75) is 5.41 Å². The van der Waals surface area contributed by atoms with Crippen LogP contribution in [0.2, 0.25) is 0 Å². The standard InChI is InChI=1S/C24H20O3/c1-26-20-14-12-19(13-15-20)24(23(25)27-2)21-11-7-6-10-18(21)16-22(24)17-8-4-3-5-9-17/h3-16H,1-2H3. The molecule has 3 aromatic rings. The fourth-order valence-electron chi connectivity index (χ4n) is 3.93. The lowest BCUT2D eigenvalue weighted by Gasteiger charge is -2.32. The summed E-state index contributed by atoms with van der Waals surface area (Å²) < 4.78 is 10.6. The molecule has 0 fully saturated rings. The minimum absolute atomic E-state index is 0.298. The number of methoxy groups -OCH3 is 2. The van der Waals surface area contributed by atoms with E-state index in [2.05, 4.69) is 6.08 Å². The van der Waals surface area contributed by atoms with Gasteiger partial charge in [-0.2, -0.15) is 0 Å². The largest absolute Gasteiger partial charge is 0.497 e. The van der Waals surface area contributed by atoms with Crippen LogP contribution in [0.1, 0.15) is 22.3 Å². The van der Waals surface area contributed by atoms with Crippen molar-refractivity contribution in [1.29, 1.82) is 0 Å². The molecule has 0 saturated carbocycles. The van der Waals surface area contributed by atoms with Gasteiger partial charge >= 0.3 is 5.97 Å². The van der Waals surface area contributed by atoms with E-state index in [4.69, 9.17) is 9.47 Å². The van der Waals surface area contributed by atoms with E-state index >= 15 is 0 Å². The summed E-state index contributed by atoms with van der Waals surface area (Å²) in [6.45, 7) is 0. The molecule has 0 aliphatic heterocycles. The molecule has 3 nitrogen and oxygen atoms in total. The maximum Gasteiger partial charge on any atom is 0.325 e. The second-order valence-electron chi connectivity index (χ2n) is 6.48. The Morgan fingerprint density at radius 1 is 0.815 bits per heavy atom. The zero-order chi connectivity index (χ0) is 18.9. The summed E-state index contributed by atoms with van der Waals surface area (Å²) >= 11 is 0. The Kier molecular flexibility index (Phi) is 4.28. The summed E-state index contributed by atoms with van der Waals surface area (Å²) in [6.07, 6.45) is 2.09. The zero-order valence-electron chi connectivity index (χ0n) is 15.3. The van der Waals surface area contributed by atoms with Crippen LogP contribution < -0.4 is 4.74 Å². The van der Waals surface area contributed by atoms with Crippen LogP contribution in [-0.4, -0.2) is 20.2 Å². The quantitative estimate of drug-likeness (QED) is 0.635. The zero-order valence-corrected chi connectivity index (χ0v) is 15.3. The van der Waals surface area contributed by atoms with E-state index in [-0.39, 0.29) is 5.97 Å². The highest BCUT2D eigenvalue weighted by molar-refractivity contribution is 6.11. The molecule has 1 atom stereocenters. The molecule has 3 aromatic carbocycles. The van der Waals surface area contributed by atoms with Crippen LogP contribution in [0.4, 0.5) is 0 Å². The first-order valence-electron chi connectivity index (χ1n) is 8.82. The molecule has 0 heterocycles. The Hall–Kier alpha value is -3.33. The normalized spacial score (nSPS) is 17.8. The van der Waals surface area contributed by atoms with E-state index in [1.807, 2.05) is 78.9 Å². The number of ether oxygens (including phenoxy) is 2. The lowest BCUT2D eigenvalue weighted by Crippen LogP contribution is -2.38. The molecule has 1 aliphatic rings. The number of esters is 1. The third-order valence-electron chi connectivity index (χ3n) is 5.17. The molecular formula is C24H20O3. The van der Waals surface area contributed by atoms with Crippen LogP contribution in [0, 0.1) is 0 Å². The molecule has 0 amide bonds. The number of hydrogen-bond donors (Lipinski definition) is 0. The molecule has 134 valence electrons. The highest BCUT2D eigenvalue weighted by atomic mass is 16.5. The van der Waals surface area contributed by atoms with Crippen molar-refractivity contribution in [2.75, 3.05) is 14.2 Å². The molecule has 1 unspecified atom stereocenters. The molecule has 0 spiro atoms. The van der Waals surface area contributed by atoms with Crippen LogP contribution in [0.25, 0.3) is 11.6 Å². The van der Waals surface area contributed by atoms with Gasteiger partial charge in [0.15, 0.2) is 0 Å². The molecule has 0 radical (unpaired) electrons. The predicted molar refractivity (Wildman–Crippen MR) is 107 cm³/mol. The van der Waals surface area contributed by atoms with E-state index in [0.717, 1.165) is 33.6 Å². The second kappa shape index (κ2) is 6.76. The van der Waals surface area contributed by atoms with Gasteiger partial charge in [0.25, 0.3) is 0 Å². The minimum Gasteiger partial charge on any atom is -0.497 e. The molecule has 1 aliphatic carbocycles. The number of carbonyl (C=O) groups is 1. The highest BCUT2D eigenvalue weighted by Crippen LogP contribution is 2.52. The minimum atomic E-state index is -1.01. The summed E-state index contributed by atoms with van der Waals surface area (Å²) in [5.41, 5.74) is 3.71. The summed E-state index contributed by atoms with van der Waals surface area (Å²) in [5.74, 6) is 0.447. The fraction of sp³-hybridized carbons (Fsp3) is 0.125. The molecule has 0 bridgehead atoms. The fourth-order valence-corrected chi connectivity index (χ4v) is 3.93. The highest BCUT2D eigenvalue weighted by Gasteiger charge is 2.51. The first-order chi connectivity index (χ1) is 13.2. The Bertz CT molecular complexity index is 1000. The molecule has 27 heavy (non-hydrogen) atoms. The molecule has 0 aromatic heterocycles. The topological polar surface area (TPSA) is 35.5 Å². The van der Waals surface area contributed by atoms with Crippen molar-refractivity contribution < 1.29 is 14.3 Å². The van der Waals surface area contributed by atoms with Crippen LogP contribution >= 0.6 is 0 Å². The SMILES string of the molecule is COC(=O)C1(c2ccc(OC)cc2)C(c2ccccc2)=Cc2ccccc21. The molecule has 0 saturated heterocycles. The van der Waals surface area contributed by atoms with Crippen molar-refractivity contribution >= 4 is 17.6 Å². The third kappa shape index (κ3) is 2.55. The Morgan fingerprint density at radius 3 is 2.15 bits per heavy atom. The van der Waals surface area contributed by atoms with Crippen molar-refractivity contribution in [1.82, 2.24) is 0 Å². The van der Waals surface area contributed by atoms with Gasteiger partial charge in [0.2, 0.25) is 0 Å². The maximum atomic E-state index is 13.3. The molecule has 4 rings (SSSR count). The van der Waals surface area contributed by atoms with Crippen LogP contribution in [-0.2, 0) is 14.9 Å². The smallest absolute Gasteiger partial charge is 0.325 e. The first kappa shape index (κ1) is 17.1. The third-order valence-corrected chi connectivity index (χ3v) is 5.17. The monoisotopic (exact) mass is 356 g/mol. The average Bonchev–Trinajstić information content (AvgIpc) is 3.10. The number of benzene rings is 3. The van der Waals surface area contributed by atoms with Gasteiger partial charge in [0.1, 0.15) is 11.2 Å². The van der Waals surface area contributed by atoms with Crippen molar-refractivity contribution in [3.05, 3.63) is 101 Å². The van der Waals surface area contributed by atoms with Crippen molar-refractivity contribution in [3.63, 3.8) is 0 Å². The van der Waals surface area contributed by atoms with Crippen molar-refractivity contribution in [2.24, 2.45) is 0 Å². The molecule has 3 heteroatoms. The summed E-state index contributed by atoms with van der Waals surface area (Å²) in [6, 6.07) is 25.6. The van der Waals surface area contributed by atoms with Gasteiger partial charge in [-0.05, 0) is 46.0 Å². The maximum absolute atomic E-state index is 13.3. The van der Waals surface area contributed by atoms with Gasteiger partial charge in [-0.1, -0.05) is 66.7 Å². The van der Waals surface area contributed by atoms with Gasteiger partial charge in [0, 0.05) is 0 Å². The van der Waals surface area contributed by atoms with Gasteiger partial charge in [-0.3, -0.25) is 4.79 Å². The molecular weight excluding hydrogens is 336 g/mol. The molecule has 0 N–H and O–H groups in total. The average molecular weight is 356 g/mol. The number of carbonyl (C=O) groups excluding carboxylic acids is 1. The predicted octanol–water partition coefficient (Wildman–Crippen LogP) is 4.71. The Morgan fingerprint density at radius 2 is 1.48 bits per heavy atom. The van der Waals surface area contributed by atoms with E-state index in [1.165, 1.54) is 7.11 Å². The van der Waals surface area contributed by atoms with Gasteiger partial charge < -0.3 is 9.47 Å². The van der Waals surface area contributed by atoms with Crippen LogP contribution in [0.15, 0.2) is 78.9 Å². The number of hydrogen-bond acceptors (Lipinski definition) is 3. The van der Waals surface area contributed by atoms with E-state index in [1.54, 1.807) is 7.11 Å². The van der Waals surface area contributed by atoms with Crippen LogP contribution in [0.3, 0.4) is 0 Å². The number of fused-ring (bicyclic) bond motifs is 1. The summed E-state index contributed by atoms with van der Waals surface area (Å²) in [5, 5.41) is 0. The first-order valence-corrected chi connectivity index (χ1v) is 8.82. The van der Waals surface area contributed by atoms with E-state index in [0.29, 0.717) is 0 Å². The number of rotatable bonds is 4. The lowest BCUT2D eigenvalue weighted by atomic mass is 9.69. The second-order valence-corrected chi connectivity index (χ2v) is 6.48. The summed E-state index contributed by atoms with van der Waals surface area (Å²) in [7, 11) is 3.07. The van der Waals surface area contributed by atoms with Gasteiger partial charge in [-0.25, -0.2) is 0 Å². The van der Waals surface area contributed by atoms with Gasteiger partial charge in [0.05, 0.1) is 14.2 Å². The summed E-state index contributed by atoms with van der Waals surface area (Å²) in [4.78, 5) is 13.3. The lowest BCUT2D eigenvalue weighted by molar-refractivity contribution is -0.143. The van der Waals surface area contributed by atoms with Crippen LogP contribution in [0.5, 0.6) is 5.75 Å².